The van der Waals surface area contributed by atoms with Gasteiger partial charge in [-0.25, -0.2) is 9.78 Å². The van der Waals surface area contributed by atoms with E-state index in [0.29, 0.717) is 5.69 Å². The van der Waals surface area contributed by atoms with Crippen LogP contribution >= 0.6 is 0 Å². The Morgan fingerprint density at radius 2 is 1.84 bits per heavy atom. The Hall–Kier alpha value is -2.36. The fraction of sp³-hybridized carbons (Fsp3) is 0.429. The molecule has 0 amide bonds. The number of para-hydroxylation sites is 1. The summed E-state index contributed by atoms with van der Waals surface area (Å²) < 4.78 is 4.89. The quantitative estimate of drug-likeness (QED) is 0.441. The molecule has 1 N–H and O–H groups in total. The van der Waals surface area contributed by atoms with E-state index in [9.17, 15) is 4.79 Å². The predicted octanol–water partition coefficient (Wildman–Crippen LogP) is 5.41. The molecule has 0 fully saturated rings. The number of methoxy groups -OCH3 is 1. The number of unbranched alkanes of at least 4 members (excludes halogenated alkanes) is 5. The third-order valence-electron chi connectivity index (χ3n) is 4.73. The molecule has 0 aliphatic heterocycles. The van der Waals surface area contributed by atoms with Crippen molar-refractivity contribution in [3.8, 4) is 0 Å². The van der Waals surface area contributed by atoms with Gasteiger partial charge in [-0.05, 0) is 25.0 Å². The number of esters is 1. The summed E-state index contributed by atoms with van der Waals surface area (Å²) in [6.45, 7) is 2.23. The first-order valence-corrected chi connectivity index (χ1v) is 9.23. The molecule has 0 saturated heterocycles. The normalized spacial score (nSPS) is 11.3. The van der Waals surface area contributed by atoms with Crippen molar-refractivity contribution in [2.24, 2.45) is 0 Å². The first kappa shape index (κ1) is 17.5. The monoisotopic (exact) mass is 338 g/mol. The highest BCUT2D eigenvalue weighted by Gasteiger charge is 2.15. The van der Waals surface area contributed by atoms with Gasteiger partial charge in [0.1, 0.15) is 5.69 Å². The maximum Gasteiger partial charge on any atom is 0.356 e. The largest absolute Gasteiger partial charge is 0.464 e. The minimum absolute atomic E-state index is 0.378. The number of rotatable bonds is 8. The number of benzene rings is 1. The number of carbonyl (C=O) groups excluding carboxylic acids is 1. The first-order chi connectivity index (χ1) is 12.2. The van der Waals surface area contributed by atoms with Gasteiger partial charge in [0.2, 0.25) is 0 Å². The Kier molecular flexibility index (Phi) is 5.69. The van der Waals surface area contributed by atoms with Gasteiger partial charge in [0.05, 0.1) is 18.3 Å². The number of aromatic nitrogens is 2. The third kappa shape index (κ3) is 3.84. The van der Waals surface area contributed by atoms with Gasteiger partial charge < -0.3 is 9.72 Å². The van der Waals surface area contributed by atoms with Crippen LogP contribution in [0.1, 0.15) is 61.6 Å². The summed E-state index contributed by atoms with van der Waals surface area (Å²) in [4.78, 5) is 20.1. The van der Waals surface area contributed by atoms with E-state index < -0.39 is 0 Å². The molecular weight excluding hydrogens is 312 g/mol. The number of aryl methyl sites for hydroxylation is 1. The van der Waals surface area contributed by atoms with E-state index in [-0.39, 0.29) is 5.97 Å². The standard InChI is InChI=1S/C21H26N2O2/c1-3-4-5-6-7-8-13-18-20-16(14-19(22-18)21(24)25-2)15-11-9-10-12-17(15)23-20/h9-12,14,23H,3-8,13H2,1-2H3. The molecule has 2 heterocycles. The molecule has 132 valence electrons. The molecule has 0 atom stereocenters. The Labute approximate surface area is 148 Å². The lowest BCUT2D eigenvalue weighted by atomic mass is 10.1. The van der Waals surface area contributed by atoms with Crippen molar-refractivity contribution < 1.29 is 9.53 Å². The number of ether oxygens (including phenoxy) is 1. The summed E-state index contributed by atoms with van der Waals surface area (Å²) in [5.41, 5.74) is 3.47. The lowest BCUT2D eigenvalue weighted by Crippen LogP contribution is -2.06. The maximum atomic E-state index is 12.0. The summed E-state index contributed by atoms with van der Waals surface area (Å²) in [5, 5.41) is 2.17. The topological polar surface area (TPSA) is 55.0 Å². The molecule has 25 heavy (non-hydrogen) atoms. The zero-order valence-corrected chi connectivity index (χ0v) is 15.1. The molecule has 3 aromatic rings. The number of hydrogen-bond donors (Lipinski definition) is 1. The Morgan fingerprint density at radius 3 is 2.64 bits per heavy atom. The van der Waals surface area contributed by atoms with Crippen molar-refractivity contribution in [3.05, 3.63) is 41.7 Å². The van der Waals surface area contributed by atoms with Gasteiger partial charge in [0.15, 0.2) is 0 Å². The molecule has 1 aromatic carbocycles. The number of hydrogen-bond acceptors (Lipinski definition) is 3. The fourth-order valence-corrected chi connectivity index (χ4v) is 3.37. The van der Waals surface area contributed by atoms with Gasteiger partial charge in [-0.3, -0.25) is 0 Å². The van der Waals surface area contributed by atoms with Crippen LogP contribution in [0.4, 0.5) is 0 Å². The molecule has 2 aromatic heterocycles. The second-order valence-electron chi connectivity index (χ2n) is 6.56. The first-order valence-electron chi connectivity index (χ1n) is 9.23. The molecule has 0 unspecified atom stereocenters. The molecule has 4 heteroatoms. The lowest BCUT2D eigenvalue weighted by Gasteiger charge is -2.06. The van der Waals surface area contributed by atoms with Gasteiger partial charge in [0, 0.05) is 16.3 Å². The van der Waals surface area contributed by atoms with Crippen molar-refractivity contribution in [1.29, 1.82) is 0 Å². The highest BCUT2D eigenvalue weighted by atomic mass is 16.5. The average molecular weight is 338 g/mol. The molecule has 4 nitrogen and oxygen atoms in total. The molecule has 0 aliphatic carbocycles. The molecular formula is C21H26N2O2. The number of fused-ring (bicyclic) bond motifs is 3. The van der Waals surface area contributed by atoms with E-state index in [1.165, 1.54) is 39.2 Å². The van der Waals surface area contributed by atoms with E-state index in [1.54, 1.807) is 0 Å². The number of pyridine rings is 1. The van der Waals surface area contributed by atoms with Gasteiger partial charge >= 0.3 is 5.97 Å². The zero-order valence-electron chi connectivity index (χ0n) is 15.1. The van der Waals surface area contributed by atoms with Crippen LogP contribution in [0, 0.1) is 0 Å². The second kappa shape index (κ2) is 8.15. The Morgan fingerprint density at radius 1 is 1.08 bits per heavy atom. The van der Waals surface area contributed by atoms with Crippen LogP contribution in [0.15, 0.2) is 30.3 Å². The van der Waals surface area contributed by atoms with Crippen molar-refractivity contribution in [3.63, 3.8) is 0 Å². The minimum atomic E-state index is -0.378. The van der Waals surface area contributed by atoms with Crippen molar-refractivity contribution >= 4 is 27.8 Å². The van der Waals surface area contributed by atoms with Crippen LogP contribution in [-0.2, 0) is 11.2 Å². The van der Waals surface area contributed by atoms with Crippen molar-refractivity contribution in [1.82, 2.24) is 9.97 Å². The van der Waals surface area contributed by atoms with Crippen LogP contribution in [0.3, 0.4) is 0 Å². The summed E-state index contributed by atoms with van der Waals surface area (Å²) in [5.74, 6) is -0.378. The maximum absolute atomic E-state index is 12.0. The van der Waals surface area contributed by atoms with Gasteiger partial charge in [-0.15, -0.1) is 0 Å². The molecule has 0 saturated carbocycles. The van der Waals surface area contributed by atoms with Crippen molar-refractivity contribution in [2.45, 2.75) is 51.9 Å². The number of nitrogens with one attached hydrogen (secondary N) is 1. The van der Waals surface area contributed by atoms with Crippen molar-refractivity contribution in [2.75, 3.05) is 7.11 Å². The Bertz CT molecular complexity index is 867. The highest BCUT2D eigenvalue weighted by Crippen LogP contribution is 2.28. The fourth-order valence-electron chi connectivity index (χ4n) is 3.37. The van der Waals surface area contributed by atoms with Crippen LogP contribution in [0.5, 0.6) is 0 Å². The summed E-state index contributed by atoms with van der Waals surface area (Å²) >= 11 is 0. The zero-order chi connectivity index (χ0) is 17.6. The number of aromatic amines is 1. The minimum Gasteiger partial charge on any atom is -0.464 e. The van der Waals surface area contributed by atoms with E-state index in [0.717, 1.165) is 40.3 Å². The summed E-state index contributed by atoms with van der Waals surface area (Å²) in [6, 6.07) is 10.00. The smallest absolute Gasteiger partial charge is 0.356 e. The molecule has 0 bridgehead atoms. The lowest BCUT2D eigenvalue weighted by molar-refractivity contribution is 0.0594. The summed E-state index contributed by atoms with van der Waals surface area (Å²) in [6.07, 6.45) is 8.30. The molecule has 0 spiro atoms. The van der Waals surface area contributed by atoms with Crippen LogP contribution < -0.4 is 0 Å². The van der Waals surface area contributed by atoms with Gasteiger partial charge in [0.25, 0.3) is 0 Å². The SMILES string of the molecule is CCCCCCCCc1nc(C(=O)OC)cc2c1[nH]c1ccccc12. The summed E-state index contributed by atoms with van der Waals surface area (Å²) in [7, 11) is 1.40. The van der Waals surface area contributed by atoms with Crippen LogP contribution in [0.2, 0.25) is 0 Å². The van der Waals surface area contributed by atoms with Crippen LogP contribution in [0.25, 0.3) is 21.8 Å². The van der Waals surface area contributed by atoms with E-state index in [4.69, 9.17) is 4.74 Å². The van der Waals surface area contributed by atoms with E-state index >= 15 is 0 Å². The van der Waals surface area contributed by atoms with Gasteiger partial charge in [-0.1, -0.05) is 57.2 Å². The van der Waals surface area contributed by atoms with Crippen LogP contribution in [-0.4, -0.2) is 23.0 Å². The number of H-pyrrole nitrogens is 1. The molecule has 0 radical (unpaired) electrons. The highest BCUT2D eigenvalue weighted by molar-refractivity contribution is 6.09. The number of carbonyl (C=O) groups is 1. The van der Waals surface area contributed by atoms with Gasteiger partial charge in [-0.2, -0.15) is 0 Å². The van der Waals surface area contributed by atoms with E-state index in [1.807, 2.05) is 18.2 Å². The Balaban J connectivity index is 1.90. The molecule has 3 rings (SSSR count). The molecule has 0 aliphatic rings. The third-order valence-corrected chi connectivity index (χ3v) is 4.73. The second-order valence-corrected chi connectivity index (χ2v) is 6.56. The predicted molar refractivity (Wildman–Crippen MR) is 102 cm³/mol. The average Bonchev–Trinajstić information content (AvgIpc) is 3.02. The van der Waals surface area contributed by atoms with E-state index in [2.05, 4.69) is 29.0 Å². The number of nitrogens with zero attached hydrogens (tertiary/aromatic N) is 1.